The quantitative estimate of drug-likeness (QED) is 0.0562. The molecule has 13 nitrogen and oxygen atoms in total. The molecule has 0 aromatic heterocycles. The molecule has 1 aliphatic heterocycles. The van der Waals surface area contributed by atoms with Crippen LogP contribution in [0.3, 0.4) is 0 Å². The van der Waals surface area contributed by atoms with E-state index in [1.807, 2.05) is 0 Å². The summed E-state index contributed by atoms with van der Waals surface area (Å²) in [5.41, 5.74) is -4.19. The lowest BCUT2D eigenvalue weighted by molar-refractivity contribution is -0.385. The van der Waals surface area contributed by atoms with Gasteiger partial charge >= 0.3 is 24.5 Å². The SMILES string of the molecule is C=C(CCCCCC(=O)Cc1cc(C(F)(F)F)cc(CC(=O)Cc2ccc(Oc3cc([N+](=O)[O-])cc(C(F)(F)F)c3)cc2)c1O[C@@H]1CCN(C(=O)OC(C)(C)C)C1)NC(=O)OC(C)(C)C. The molecule has 1 atom stereocenters. The van der Waals surface area contributed by atoms with Crippen molar-refractivity contribution in [2.75, 3.05) is 13.1 Å². The number of unbranched alkanes of at least 4 members (excludes halogenated alkanes) is 2. The van der Waals surface area contributed by atoms with Gasteiger partial charge in [0.05, 0.1) is 28.7 Å². The van der Waals surface area contributed by atoms with Crippen molar-refractivity contribution in [3.63, 3.8) is 0 Å². The van der Waals surface area contributed by atoms with E-state index >= 15 is 0 Å². The normalized spacial score (nSPS) is 14.4. The summed E-state index contributed by atoms with van der Waals surface area (Å²) < 4.78 is 106. The summed E-state index contributed by atoms with van der Waals surface area (Å²) in [7, 11) is 0. The van der Waals surface area contributed by atoms with E-state index in [0.717, 1.165) is 18.2 Å². The molecule has 19 heteroatoms. The van der Waals surface area contributed by atoms with Crippen LogP contribution in [0.1, 0.15) is 108 Å². The first-order valence-electron chi connectivity index (χ1n) is 20.8. The lowest BCUT2D eigenvalue weighted by Gasteiger charge is -2.25. The van der Waals surface area contributed by atoms with E-state index in [4.69, 9.17) is 18.9 Å². The van der Waals surface area contributed by atoms with Gasteiger partial charge in [0, 0.05) is 61.5 Å². The first-order valence-corrected chi connectivity index (χ1v) is 20.8. The van der Waals surface area contributed by atoms with Gasteiger partial charge in [-0.15, -0.1) is 0 Å². The number of ether oxygens (including phenoxy) is 4. The van der Waals surface area contributed by atoms with Gasteiger partial charge in [0.2, 0.25) is 0 Å². The van der Waals surface area contributed by atoms with Gasteiger partial charge in [-0.2, -0.15) is 26.3 Å². The van der Waals surface area contributed by atoms with Crippen molar-refractivity contribution in [2.24, 2.45) is 0 Å². The molecule has 0 spiro atoms. The second-order valence-corrected chi connectivity index (χ2v) is 17.7. The average Bonchev–Trinajstić information content (AvgIpc) is 3.63. The molecule has 2 amide bonds. The van der Waals surface area contributed by atoms with E-state index in [0.29, 0.717) is 49.1 Å². The zero-order valence-corrected chi connectivity index (χ0v) is 37.0. The van der Waals surface area contributed by atoms with E-state index < -0.39 is 88.0 Å². The number of nitrogens with zero attached hydrogens (tertiary/aromatic N) is 2. The third kappa shape index (κ3) is 17.1. The Morgan fingerprint density at radius 1 is 0.754 bits per heavy atom. The molecule has 1 saturated heterocycles. The number of Topliss-reactive ketones (excluding diaryl/α,β-unsaturated/α-hetero) is 2. The van der Waals surface area contributed by atoms with Crippen molar-refractivity contribution >= 4 is 29.4 Å². The van der Waals surface area contributed by atoms with Crippen LogP contribution in [0.5, 0.6) is 17.2 Å². The Hall–Kier alpha value is -6.14. The molecule has 0 bridgehead atoms. The number of carbonyl (C=O) groups is 4. The number of rotatable bonds is 18. The highest BCUT2D eigenvalue weighted by molar-refractivity contribution is 5.85. The molecule has 1 N–H and O–H groups in total. The Balaban J connectivity index is 1.53. The Kier molecular flexibility index (Phi) is 16.8. The van der Waals surface area contributed by atoms with Gasteiger partial charge in [0.15, 0.2) is 0 Å². The van der Waals surface area contributed by atoms with E-state index in [1.165, 1.54) is 29.2 Å². The number of benzene rings is 3. The Morgan fingerprint density at radius 3 is 1.89 bits per heavy atom. The molecule has 0 aliphatic carbocycles. The molecule has 4 rings (SSSR count). The minimum atomic E-state index is -4.89. The van der Waals surface area contributed by atoms with Crippen LogP contribution in [0, 0.1) is 10.1 Å². The van der Waals surface area contributed by atoms with E-state index in [9.17, 15) is 55.6 Å². The molecule has 3 aromatic carbocycles. The van der Waals surface area contributed by atoms with Gasteiger partial charge in [-0.25, -0.2) is 9.59 Å². The molecule has 1 heterocycles. The lowest BCUT2D eigenvalue weighted by Crippen LogP contribution is -2.36. The topological polar surface area (TPSA) is 164 Å². The van der Waals surface area contributed by atoms with Crippen molar-refractivity contribution in [1.82, 2.24) is 10.2 Å². The molecule has 65 heavy (non-hydrogen) atoms. The number of likely N-dealkylation sites (tertiary alicyclic amines) is 1. The highest BCUT2D eigenvalue weighted by Gasteiger charge is 2.36. The fraction of sp³-hybridized carbons (Fsp3) is 0.478. The minimum absolute atomic E-state index is 0.0101. The van der Waals surface area contributed by atoms with Crippen molar-refractivity contribution < 1.29 is 69.4 Å². The summed E-state index contributed by atoms with van der Waals surface area (Å²) in [4.78, 5) is 63.5. The number of alkyl carbamates (subject to hydrolysis) is 1. The molecular formula is C46H53F6N3O10. The van der Waals surface area contributed by atoms with Gasteiger partial charge in [-0.1, -0.05) is 25.1 Å². The number of nitro benzene ring substituents is 1. The number of nitro groups is 1. The third-order valence-corrected chi connectivity index (χ3v) is 9.53. The second kappa shape index (κ2) is 21.2. The van der Waals surface area contributed by atoms with Gasteiger partial charge in [0.25, 0.3) is 5.69 Å². The average molecular weight is 922 g/mol. The van der Waals surface area contributed by atoms with Crippen LogP contribution in [0.25, 0.3) is 0 Å². The van der Waals surface area contributed by atoms with Crippen LogP contribution < -0.4 is 14.8 Å². The van der Waals surface area contributed by atoms with Crippen LogP contribution in [0.15, 0.2) is 66.9 Å². The maximum Gasteiger partial charge on any atom is 0.416 e. The fourth-order valence-corrected chi connectivity index (χ4v) is 6.69. The maximum absolute atomic E-state index is 14.4. The fourth-order valence-electron chi connectivity index (χ4n) is 6.69. The number of amides is 2. The van der Waals surface area contributed by atoms with Gasteiger partial charge in [0.1, 0.15) is 46.1 Å². The summed E-state index contributed by atoms with van der Waals surface area (Å²) >= 11 is 0. The second-order valence-electron chi connectivity index (χ2n) is 17.7. The van der Waals surface area contributed by atoms with Crippen LogP contribution in [-0.2, 0) is 50.7 Å². The van der Waals surface area contributed by atoms with Crippen molar-refractivity contribution in [2.45, 2.75) is 129 Å². The standard InChI is InChI=1S/C46H53F6N3O10/c1-28(53-41(58)64-43(2,3)4)11-9-8-10-12-35(56)22-30-20-32(45(47,48)49)21-31(40(30)63-38-17-18-54(27-38)42(59)65-44(5,6)7)23-36(57)19-29-13-15-37(16-14-29)62-39-25-33(46(50,51)52)24-34(26-39)55(60)61/h13-16,20-21,24-26,38H,1,8-12,17-19,22-23,27H2,2-7H3,(H,53,58)/t38-/m1/s1. The third-order valence-electron chi connectivity index (χ3n) is 9.53. The van der Waals surface area contributed by atoms with Gasteiger partial charge in [-0.3, -0.25) is 25.0 Å². The number of ketones is 2. The lowest BCUT2D eigenvalue weighted by atomic mass is 9.94. The number of hydrogen-bond donors (Lipinski definition) is 1. The molecule has 354 valence electrons. The maximum atomic E-state index is 14.4. The molecule has 1 aliphatic rings. The largest absolute Gasteiger partial charge is 0.488 e. The van der Waals surface area contributed by atoms with E-state index in [-0.39, 0.29) is 60.8 Å². The Morgan fingerprint density at radius 2 is 1.32 bits per heavy atom. The molecule has 1 fully saturated rings. The van der Waals surface area contributed by atoms with Crippen molar-refractivity contribution in [3.8, 4) is 17.2 Å². The molecule has 3 aromatic rings. The summed E-state index contributed by atoms with van der Waals surface area (Å²) in [6.45, 7) is 14.3. The van der Waals surface area contributed by atoms with E-state index in [1.54, 1.807) is 41.5 Å². The number of hydrogen-bond acceptors (Lipinski definition) is 10. The van der Waals surface area contributed by atoms with Crippen LogP contribution >= 0.6 is 0 Å². The summed E-state index contributed by atoms with van der Waals surface area (Å²) in [6.07, 6.45) is -10.9. The number of non-ortho nitro benzene ring substituents is 1. The van der Waals surface area contributed by atoms with Crippen molar-refractivity contribution in [3.05, 3.63) is 105 Å². The molecule has 0 radical (unpaired) electrons. The first kappa shape index (κ1) is 51.5. The van der Waals surface area contributed by atoms with Crippen LogP contribution in [0.2, 0.25) is 0 Å². The Labute approximate surface area is 372 Å². The van der Waals surface area contributed by atoms with Gasteiger partial charge < -0.3 is 23.8 Å². The predicted octanol–water partition coefficient (Wildman–Crippen LogP) is 11.3. The number of alkyl halides is 6. The number of nitrogens with one attached hydrogen (secondary N) is 1. The number of carbonyl (C=O) groups excluding carboxylic acids is 4. The summed E-state index contributed by atoms with van der Waals surface area (Å²) in [5, 5.41) is 13.8. The smallest absolute Gasteiger partial charge is 0.416 e. The van der Waals surface area contributed by atoms with Gasteiger partial charge in [-0.05, 0) is 96.7 Å². The predicted molar refractivity (Wildman–Crippen MR) is 226 cm³/mol. The molecular weight excluding hydrogens is 869 g/mol. The minimum Gasteiger partial charge on any atom is -0.488 e. The zero-order chi connectivity index (χ0) is 48.5. The molecule has 0 saturated carbocycles. The summed E-state index contributed by atoms with van der Waals surface area (Å²) in [5.74, 6) is -1.51. The number of halogens is 6. The summed E-state index contributed by atoms with van der Waals surface area (Å²) in [6, 6.07) is 8.83. The zero-order valence-electron chi connectivity index (χ0n) is 37.0. The van der Waals surface area contributed by atoms with E-state index in [2.05, 4.69) is 11.9 Å². The Bertz CT molecular complexity index is 2230. The van der Waals surface area contributed by atoms with Crippen LogP contribution in [-0.4, -0.2) is 64.0 Å². The van der Waals surface area contributed by atoms with Crippen molar-refractivity contribution in [1.29, 1.82) is 0 Å². The first-order chi connectivity index (χ1) is 30.0. The highest BCUT2D eigenvalue weighted by atomic mass is 19.4. The molecule has 0 unspecified atom stereocenters. The van der Waals surface area contributed by atoms with Crippen LogP contribution in [0.4, 0.5) is 41.6 Å². The highest BCUT2D eigenvalue weighted by Crippen LogP contribution is 2.39. The monoisotopic (exact) mass is 921 g/mol. The number of allylic oxidation sites excluding steroid dienone is 1.